The lowest BCUT2D eigenvalue weighted by Gasteiger charge is -2.11. The first-order chi connectivity index (χ1) is 13.3. The molecule has 3 rings (SSSR count). The van der Waals surface area contributed by atoms with Crippen LogP contribution in [0.3, 0.4) is 0 Å². The van der Waals surface area contributed by atoms with Crippen molar-refractivity contribution in [3.05, 3.63) is 30.2 Å². The van der Waals surface area contributed by atoms with E-state index in [-0.39, 0.29) is 0 Å². The number of hydrogen-bond donors (Lipinski definition) is 2. The summed E-state index contributed by atoms with van der Waals surface area (Å²) in [6.07, 6.45) is 10.5. The molecule has 2 N–H and O–H groups in total. The van der Waals surface area contributed by atoms with E-state index in [1.807, 2.05) is 18.2 Å². The molecule has 0 atom stereocenters. The summed E-state index contributed by atoms with van der Waals surface area (Å²) in [6.45, 7) is 4.50. The number of guanidine groups is 1. The SMILES string of the molecule is CCNC(=NCCCC1CCCC1)NCCc1noc(-c2ccccn2)n1. The molecule has 2 aromatic rings. The Labute approximate surface area is 161 Å². The average molecular weight is 371 g/mol. The van der Waals surface area contributed by atoms with Crippen molar-refractivity contribution in [3.8, 4) is 11.6 Å². The van der Waals surface area contributed by atoms with Gasteiger partial charge in [0.25, 0.3) is 5.89 Å². The molecular formula is C20H30N6O. The van der Waals surface area contributed by atoms with Crippen LogP contribution in [0.4, 0.5) is 0 Å². The topological polar surface area (TPSA) is 88.2 Å². The van der Waals surface area contributed by atoms with Crippen LogP contribution in [0.1, 0.15) is 51.3 Å². The summed E-state index contributed by atoms with van der Waals surface area (Å²) in [6, 6.07) is 5.62. The fourth-order valence-corrected chi connectivity index (χ4v) is 3.45. The molecule has 0 spiro atoms. The van der Waals surface area contributed by atoms with Gasteiger partial charge in [-0.05, 0) is 37.8 Å². The summed E-state index contributed by atoms with van der Waals surface area (Å²) in [5.74, 6) is 2.91. The lowest BCUT2D eigenvalue weighted by molar-refractivity contribution is 0.421. The number of aliphatic imine (C=N–C) groups is 1. The molecule has 0 aromatic carbocycles. The molecular weight excluding hydrogens is 340 g/mol. The van der Waals surface area contributed by atoms with E-state index < -0.39 is 0 Å². The lowest BCUT2D eigenvalue weighted by Crippen LogP contribution is -2.38. The minimum absolute atomic E-state index is 0.457. The Morgan fingerprint density at radius 1 is 1.26 bits per heavy atom. The monoisotopic (exact) mass is 370 g/mol. The highest BCUT2D eigenvalue weighted by atomic mass is 16.5. The van der Waals surface area contributed by atoms with Gasteiger partial charge in [0.1, 0.15) is 5.69 Å². The zero-order valence-electron chi connectivity index (χ0n) is 16.2. The third-order valence-electron chi connectivity index (χ3n) is 4.85. The predicted octanol–water partition coefficient (Wildman–Crippen LogP) is 3.20. The Morgan fingerprint density at radius 2 is 2.15 bits per heavy atom. The van der Waals surface area contributed by atoms with Gasteiger partial charge in [-0.3, -0.25) is 9.98 Å². The van der Waals surface area contributed by atoms with Crippen LogP contribution in [0.5, 0.6) is 0 Å². The fourth-order valence-electron chi connectivity index (χ4n) is 3.45. The van der Waals surface area contributed by atoms with Crippen molar-refractivity contribution in [2.45, 2.75) is 51.9 Å². The van der Waals surface area contributed by atoms with Crippen molar-refractivity contribution in [2.24, 2.45) is 10.9 Å². The molecule has 2 aromatic heterocycles. The third-order valence-corrected chi connectivity index (χ3v) is 4.85. The second-order valence-corrected chi connectivity index (χ2v) is 6.96. The van der Waals surface area contributed by atoms with E-state index in [4.69, 9.17) is 4.52 Å². The Hall–Kier alpha value is -2.44. The van der Waals surface area contributed by atoms with E-state index in [1.165, 1.54) is 38.5 Å². The standard InChI is InChI=1S/C20H30N6O/c1-2-21-20(23-14-7-10-16-8-3-4-9-16)24-15-12-18-25-19(27-26-18)17-11-5-6-13-22-17/h5-6,11,13,16H,2-4,7-10,12,14-15H2,1H3,(H2,21,23,24). The van der Waals surface area contributed by atoms with Crippen LogP contribution < -0.4 is 10.6 Å². The molecule has 1 aliphatic carbocycles. The van der Waals surface area contributed by atoms with Crippen molar-refractivity contribution in [1.29, 1.82) is 0 Å². The van der Waals surface area contributed by atoms with Crippen LogP contribution in [0.15, 0.2) is 33.9 Å². The van der Waals surface area contributed by atoms with E-state index >= 15 is 0 Å². The maximum Gasteiger partial charge on any atom is 0.276 e. The second-order valence-electron chi connectivity index (χ2n) is 6.96. The highest BCUT2D eigenvalue weighted by Crippen LogP contribution is 2.28. The summed E-state index contributed by atoms with van der Waals surface area (Å²) in [5.41, 5.74) is 0.696. The lowest BCUT2D eigenvalue weighted by atomic mass is 10.0. The van der Waals surface area contributed by atoms with Gasteiger partial charge in [0.05, 0.1) is 0 Å². The molecule has 27 heavy (non-hydrogen) atoms. The Morgan fingerprint density at radius 3 is 2.93 bits per heavy atom. The molecule has 2 heterocycles. The Balaban J connectivity index is 1.41. The van der Waals surface area contributed by atoms with Crippen LogP contribution in [0.2, 0.25) is 0 Å². The Kier molecular flexibility index (Phi) is 7.62. The molecule has 0 aliphatic heterocycles. The maximum atomic E-state index is 5.29. The molecule has 146 valence electrons. The third kappa shape index (κ3) is 6.34. The van der Waals surface area contributed by atoms with Crippen molar-refractivity contribution in [3.63, 3.8) is 0 Å². The number of pyridine rings is 1. The highest BCUT2D eigenvalue weighted by Gasteiger charge is 2.14. The summed E-state index contributed by atoms with van der Waals surface area (Å²) in [5, 5.41) is 10.7. The summed E-state index contributed by atoms with van der Waals surface area (Å²) in [7, 11) is 0. The van der Waals surface area contributed by atoms with E-state index in [0.29, 0.717) is 30.4 Å². The van der Waals surface area contributed by atoms with E-state index in [1.54, 1.807) is 6.20 Å². The molecule has 1 fully saturated rings. The van der Waals surface area contributed by atoms with Gasteiger partial charge in [0.2, 0.25) is 0 Å². The molecule has 0 amide bonds. The summed E-state index contributed by atoms with van der Waals surface area (Å²) >= 11 is 0. The van der Waals surface area contributed by atoms with Gasteiger partial charge < -0.3 is 15.2 Å². The van der Waals surface area contributed by atoms with Crippen molar-refractivity contribution >= 4 is 5.96 Å². The van der Waals surface area contributed by atoms with Crippen LogP contribution in [0.25, 0.3) is 11.6 Å². The first-order valence-electron chi connectivity index (χ1n) is 10.1. The fraction of sp³-hybridized carbons (Fsp3) is 0.600. The van der Waals surface area contributed by atoms with Crippen molar-refractivity contribution in [2.75, 3.05) is 19.6 Å². The summed E-state index contributed by atoms with van der Waals surface area (Å²) in [4.78, 5) is 13.3. The van der Waals surface area contributed by atoms with Crippen LogP contribution in [-0.4, -0.2) is 40.7 Å². The van der Waals surface area contributed by atoms with Crippen LogP contribution in [-0.2, 0) is 6.42 Å². The van der Waals surface area contributed by atoms with E-state index in [9.17, 15) is 0 Å². The second kappa shape index (κ2) is 10.6. The largest absolute Gasteiger partial charge is 0.357 e. The zero-order chi connectivity index (χ0) is 18.7. The average Bonchev–Trinajstić information content (AvgIpc) is 3.38. The van der Waals surface area contributed by atoms with Gasteiger partial charge >= 0.3 is 0 Å². The zero-order valence-corrected chi connectivity index (χ0v) is 16.2. The van der Waals surface area contributed by atoms with Gasteiger partial charge in [-0.15, -0.1) is 0 Å². The van der Waals surface area contributed by atoms with Gasteiger partial charge in [-0.25, -0.2) is 0 Å². The number of aromatic nitrogens is 3. The van der Waals surface area contributed by atoms with Gasteiger partial charge in [-0.2, -0.15) is 4.98 Å². The number of rotatable bonds is 9. The molecule has 1 aliphatic rings. The van der Waals surface area contributed by atoms with Crippen molar-refractivity contribution in [1.82, 2.24) is 25.8 Å². The van der Waals surface area contributed by atoms with Crippen LogP contribution >= 0.6 is 0 Å². The van der Waals surface area contributed by atoms with Crippen molar-refractivity contribution < 1.29 is 4.52 Å². The molecule has 0 bridgehead atoms. The number of nitrogens with zero attached hydrogens (tertiary/aromatic N) is 4. The first kappa shape index (κ1) is 19.3. The van der Waals surface area contributed by atoms with E-state index in [0.717, 1.165) is 25.0 Å². The van der Waals surface area contributed by atoms with Gasteiger partial charge in [0, 0.05) is 32.3 Å². The molecule has 7 nitrogen and oxygen atoms in total. The summed E-state index contributed by atoms with van der Waals surface area (Å²) < 4.78 is 5.29. The quantitative estimate of drug-likeness (QED) is 0.400. The van der Waals surface area contributed by atoms with Crippen LogP contribution in [0, 0.1) is 5.92 Å². The smallest absolute Gasteiger partial charge is 0.276 e. The number of hydrogen-bond acceptors (Lipinski definition) is 5. The molecule has 0 radical (unpaired) electrons. The minimum Gasteiger partial charge on any atom is -0.357 e. The van der Waals surface area contributed by atoms with Gasteiger partial charge in [0.15, 0.2) is 11.8 Å². The number of nitrogens with one attached hydrogen (secondary N) is 2. The molecule has 0 unspecified atom stereocenters. The molecule has 7 heteroatoms. The molecule has 1 saturated carbocycles. The van der Waals surface area contributed by atoms with E-state index in [2.05, 4.69) is 37.7 Å². The van der Waals surface area contributed by atoms with Gasteiger partial charge in [-0.1, -0.05) is 36.9 Å². The first-order valence-corrected chi connectivity index (χ1v) is 10.1. The normalized spacial score (nSPS) is 15.2. The predicted molar refractivity (Wildman–Crippen MR) is 106 cm³/mol. The maximum absolute atomic E-state index is 5.29. The minimum atomic E-state index is 0.457. The molecule has 0 saturated heterocycles. The highest BCUT2D eigenvalue weighted by molar-refractivity contribution is 5.79. The Bertz CT molecular complexity index is 694.